The van der Waals surface area contributed by atoms with Crippen LogP contribution in [0.4, 0.5) is 5.13 Å². The van der Waals surface area contributed by atoms with Crippen molar-refractivity contribution in [3.05, 3.63) is 23.8 Å². The number of aromatic nitrogens is 1. The summed E-state index contributed by atoms with van der Waals surface area (Å²) in [5.74, 6) is -0.355. The summed E-state index contributed by atoms with van der Waals surface area (Å²) < 4.78 is 1.06. The Morgan fingerprint density at radius 1 is 1.45 bits per heavy atom. The van der Waals surface area contributed by atoms with Crippen molar-refractivity contribution < 1.29 is 9.59 Å². The quantitative estimate of drug-likeness (QED) is 0.947. The average molecular weight is 317 g/mol. The van der Waals surface area contributed by atoms with Crippen LogP contribution in [0, 0.1) is 12.8 Å². The number of rotatable bonds is 3. The van der Waals surface area contributed by atoms with Crippen LogP contribution >= 0.6 is 11.3 Å². The van der Waals surface area contributed by atoms with Crippen molar-refractivity contribution in [3.8, 4) is 0 Å². The molecular weight excluding hydrogens is 298 g/mol. The second-order valence-corrected chi connectivity index (χ2v) is 7.00. The third-order valence-corrected chi connectivity index (χ3v) is 4.94. The van der Waals surface area contributed by atoms with Gasteiger partial charge in [0.05, 0.1) is 16.1 Å². The Morgan fingerprint density at radius 3 is 2.86 bits per heavy atom. The third-order valence-electron chi connectivity index (χ3n) is 4.00. The van der Waals surface area contributed by atoms with Crippen molar-refractivity contribution in [1.82, 2.24) is 9.88 Å². The molecule has 0 radical (unpaired) electrons. The first-order chi connectivity index (χ1) is 10.5. The van der Waals surface area contributed by atoms with Gasteiger partial charge >= 0.3 is 0 Å². The van der Waals surface area contributed by atoms with Gasteiger partial charge in [-0.25, -0.2) is 4.98 Å². The number of nitrogens with one attached hydrogen (secondary N) is 1. The molecule has 1 atom stereocenters. The summed E-state index contributed by atoms with van der Waals surface area (Å²) in [7, 11) is 0. The lowest BCUT2D eigenvalue weighted by molar-refractivity contribution is -0.129. The maximum atomic E-state index is 12.4. The summed E-state index contributed by atoms with van der Waals surface area (Å²) in [6.45, 7) is 6.43. The number of likely N-dealkylation sites (tertiary alicyclic amines) is 1. The van der Waals surface area contributed by atoms with Crippen molar-refractivity contribution in [3.63, 3.8) is 0 Å². The van der Waals surface area contributed by atoms with Crippen molar-refractivity contribution in [2.24, 2.45) is 5.92 Å². The molecule has 1 saturated heterocycles. The van der Waals surface area contributed by atoms with Gasteiger partial charge in [-0.3, -0.25) is 9.59 Å². The van der Waals surface area contributed by atoms with Crippen LogP contribution in [0.5, 0.6) is 0 Å². The number of carbonyl (C=O) groups is 2. The Hall–Kier alpha value is -1.95. The number of hydrogen-bond acceptors (Lipinski definition) is 4. The van der Waals surface area contributed by atoms with E-state index in [1.54, 1.807) is 4.90 Å². The van der Waals surface area contributed by atoms with E-state index in [1.807, 2.05) is 39.0 Å². The smallest absolute Gasteiger partial charge is 0.231 e. The van der Waals surface area contributed by atoms with Gasteiger partial charge in [-0.15, -0.1) is 0 Å². The molecule has 6 heteroatoms. The predicted octanol–water partition coefficient (Wildman–Crippen LogP) is 2.80. The van der Waals surface area contributed by atoms with E-state index in [0.29, 0.717) is 11.7 Å². The largest absolute Gasteiger partial charge is 0.339 e. The molecule has 22 heavy (non-hydrogen) atoms. The van der Waals surface area contributed by atoms with Gasteiger partial charge in [-0.2, -0.15) is 0 Å². The first-order valence-corrected chi connectivity index (χ1v) is 8.24. The van der Waals surface area contributed by atoms with Gasteiger partial charge in [0.25, 0.3) is 0 Å². The highest BCUT2D eigenvalue weighted by Crippen LogP contribution is 2.29. The number of para-hydroxylation sites is 1. The standard InChI is InChI=1S/C16H19N3O2S/c1-9(2)19-8-11(7-13(19)20)15(21)18-16-17-14-10(3)5-4-6-12(14)22-16/h4-6,9,11H,7-8H2,1-3H3,(H,17,18,21)/t11-/m1/s1. The normalized spacial score (nSPS) is 18.5. The van der Waals surface area contributed by atoms with Crippen LogP contribution in [0.3, 0.4) is 0 Å². The summed E-state index contributed by atoms with van der Waals surface area (Å²) in [5, 5.41) is 3.47. The number of benzene rings is 1. The zero-order valence-electron chi connectivity index (χ0n) is 12.9. The van der Waals surface area contributed by atoms with E-state index in [1.165, 1.54) is 11.3 Å². The van der Waals surface area contributed by atoms with Crippen molar-refractivity contribution in [2.45, 2.75) is 33.2 Å². The first-order valence-electron chi connectivity index (χ1n) is 7.42. The van der Waals surface area contributed by atoms with Crippen molar-refractivity contribution in [1.29, 1.82) is 0 Å². The molecular formula is C16H19N3O2S. The Balaban J connectivity index is 1.74. The van der Waals surface area contributed by atoms with E-state index >= 15 is 0 Å². The lowest BCUT2D eigenvalue weighted by Crippen LogP contribution is -2.33. The molecule has 1 N–H and O–H groups in total. The fraction of sp³-hybridized carbons (Fsp3) is 0.438. The third kappa shape index (κ3) is 2.70. The summed E-state index contributed by atoms with van der Waals surface area (Å²) in [6.07, 6.45) is 0.286. The van der Waals surface area contributed by atoms with Crippen LogP contribution in [0.2, 0.25) is 0 Å². The van der Waals surface area contributed by atoms with E-state index in [4.69, 9.17) is 0 Å². The molecule has 0 spiro atoms. The number of nitrogens with zero attached hydrogens (tertiary/aromatic N) is 2. The molecule has 0 bridgehead atoms. The fourth-order valence-corrected chi connectivity index (χ4v) is 3.70. The summed E-state index contributed by atoms with van der Waals surface area (Å²) in [6, 6.07) is 6.12. The molecule has 0 unspecified atom stereocenters. The molecule has 1 fully saturated rings. The number of aryl methyl sites for hydroxylation is 1. The number of amides is 2. The van der Waals surface area contributed by atoms with Crippen LogP contribution in [0.25, 0.3) is 10.2 Å². The number of anilines is 1. The van der Waals surface area contributed by atoms with Crippen LogP contribution < -0.4 is 5.32 Å². The highest BCUT2D eigenvalue weighted by atomic mass is 32.1. The van der Waals surface area contributed by atoms with E-state index in [-0.39, 0.29) is 30.2 Å². The Morgan fingerprint density at radius 2 is 2.23 bits per heavy atom. The van der Waals surface area contributed by atoms with Gasteiger partial charge in [0.15, 0.2) is 5.13 Å². The number of thiazole rings is 1. The molecule has 0 saturated carbocycles. The minimum atomic E-state index is -0.289. The second kappa shape index (κ2) is 5.68. The number of carbonyl (C=O) groups excluding carboxylic acids is 2. The van der Waals surface area contributed by atoms with Gasteiger partial charge < -0.3 is 10.2 Å². The van der Waals surface area contributed by atoms with Crippen LogP contribution in [-0.4, -0.2) is 34.3 Å². The molecule has 2 heterocycles. The minimum Gasteiger partial charge on any atom is -0.339 e. The SMILES string of the molecule is Cc1cccc2sc(NC(=O)[C@@H]3CC(=O)N(C(C)C)C3)nc12. The lowest BCUT2D eigenvalue weighted by atomic mass is 10.1. The second-order valence-electron chi connectivity index (χ2n) is 5.97. The average Bonchev–Trinajstić information content (AvgIpc) is 3.03. The Bertz CT molecular complexity index is 738. The highest BCUT2D eigenvalue weighted by molar-refractivity contribution is 7.22. The summed E-state index contributed by atoms with van der Waals surface area (Å²) in [5.41, 5.74) is 2.02. The molecule has 1 aliphatic heterocycles. The molecule has 2 amide bonds. The van der Waals surface area contributed by atoms with Gasteiger partial charge in [0, 0.05) is 19.0 Å². The van der Waals surface area contributed by atoms with E-state index in [2.05, 4.69) is 10.3 Å². The Labute approximate surface area is 133 Å². The van der Waals surface area contributed by atoms with Gasteiger partial charge in [0.2, 0.25) is 11.8 Å². The minimum absolute atomic E-state index is 0.0512. The van der Waals surface area contributed by atoms with E-state index in [9.17, 15) is 9.59 Å². The van der Waals surface area contributed by atoms with Crippen LogP contribution in [0.1, 0.15) is 25.8 Å². The predicted molar refractivity (Wildman–Crippen MR) is 87.9 cm³/mol. The number of fused-ring (bicyclic) bond motifs is 1. The molecule has 0 aliphatic carbocycles. The molecule has 3 rings (SSSR count). The zero-order chi connectivity index (χ0) is 15.9. The van der Waals surface area contributed by atoms with Crippen LogP contribution in [0.15, 0.2) is 18.2 Å². The summed E-state index contributed by atoms with van der Waals surface area (Å²) >= 11 is 1.46. The monoisotopic (exact) mass is 317 g/mol. The molecule has 116 valence electrons. The van der Waals surface area contributed by atoms with Crippen LogP contribution in [-0.2, 0) is 9.59 Å². The fourth-order valence-electron chi connectivity index (χ4n) is 2.75. The lowest BCUT2D eigenvalue weighted by Gasteiger charge is -2.20. The maximum absolute atomic E-state index is 12.4. The van der Waals surface area contributed by atoms with Gasteiger partial charge in [-0.05, 0) is 32.4 Å². The first kappa shape index (κ1) is 15.0. The van der Waals surface area contributed by atoms with E-state index in [0.717, 1.165) is 15.8 Å². The maximum Gasteiger partial charge on any atom is 0.231 e. The molecule has 1 aromatic heterocycles. The van der Waals surface area contributed by atoms with Crippen molar-refractivity contribution in [2.75, 3.05) is 11.9 Å². The summed E-state index contributed by atoms with van der Waals surface area (Å²) in [4.78, 5) is 30.5. The Kier molecular flexibility index (Phi) is 3.87. The topological polar surface area (TPSA) is 62.3 Å². The molecule has 1 aliphatic rings. The number of hydrogen-bond donors (Lipinski definition) is 1. The highest BCUT2D eigenvalue weighted by Gasteiger charge is 2.35. The molecule has 1 aromatic carbocycles. The van der Waals surface area contributed by atoms with E-state index < -0.39 is 0 Å². The van der Waals surface area contributed by atoms with Crippen molar-refractivity contribution >= 4 is 38.5 Å². The zero-order valence-corrected chi connectivity index (χ0v) is 13.7. The molecule has 2 aromatic rings. The van der Waals surface area contributed by atoms with Gasteiger partial charge in [0.1, 0.15) is 0 Å². The molecule has 5 nitrogen and oxygen atoms in total. The van der Waals surface area contributed by atoms with Gasteiger partial charge in [-0.1, -0.05) is 23.5 Å².